The van der Waals surface area contributed by atoms with E-state index in [1.54, 1.807) is 23.0 Å². The number of allylic oxidation sites excluding steroid dienone is 1. The highest BCUT2D eigenvalue weighted by atomic mass is 19.3. The van der Waals surface area contributed by atoms with E-state index in [0.717, 1.165) is 12.8 Å². The van der Waals surface area contributed by atoms with Gasteiger partial charge in [0.05, 0.1) is 5.56 Å². The molecule has 3 rings (SSSR count). The lowest BCUT2D eigenvalue weighted by atomic mass is 9.76. The second-order valence-electron chi connectivity index (χ2n) is 6.40. The first kappa shape index (κ1) is 18.0. The highest BCUT2D eigenvalue weighted by molar-refractivity contribution is 6.07. The number of carbonyl (C=O) groups is 1. The third-order valence-electron chi connectivity index (χ3n) is 4.42. The third kappa shape index (κ3) is 3.31. The first-order valence-electron chi connectivity index (χ1n) is 8.35. The molecule has 1 saturated carbocycles. The highest BCUT2D eigenvalue weighted by Gasteiger charge is 2.34. The maximum absolute atomic E-state index is 13.3. The molecule has 2 aromatic heterocycles. The van der Waals surface area contributed by atoms with Gasteiger partial charge in [0.15, 0.2) is 5.69 Å². The Morgan fingerprint density at radius 1 is 1.54 bits per heavy atom. The first-order chi connectivity index (χ1) is 12.4. The van der Waals surface area contributed by atoms with Gasteiger partial charge in [0.25, 0.3) is 12.3 Å². The number of halogens is 2. The van der Waals surface area contributed by atoms with Crippen molar-refractivity contribution in [1.82, 2.24) is 9.55 Å². The van der Waals surface area contributed by atoms with Gasteiger partial charge < -0.3 is 8.98 Å². The summed E-state index contributed by atoms with van der Waals surface area (Å²) in [7, 11) is 0. The molecule has 0 saturated heterocycles. The Balaban J connectivity index is 1.86. The Morgan fingerprint density at radius 2 is 2.27 bits per heavy atom. The molecule has 1 N–H and O–H groups in total. The number of oxazole rings is 1. The molecule has 8 heteroatoms. The van der Waals surface area contributed by atoms with Gasteiger partial charge in [0.2, 0.25) is 11.8 Å². The van der Waals surface area contributed by atoms with Crippen molar-refractivity contribution in [3.05, 3.63) is 35.5 Å². The van der Waals surface area contributed by atoms with E-state index in [1.807, 2.05) is 6.92 Å². The fraction of sp³-hybridized carbons (Fsp3) is 0.389. The number of amides is 1. The first-order valence-corrected chi connectivity index (χ1v) is 8.35. The van der Waals surface area contributed by atoms with E-state index >= 15 is 0 Å². The predicted molar refractivity (Wildman–Crippen MR) is 95.2 cm³/mol. The summed E-state index contributed by atoms with van der Waals surface area (Å²) in [6.45, 7) is 7.35. The van der Waals surface area contributed by atoms with Crippen LogP contribution in [-0.2, 0) is 0 Å². The lowest BCUT2D eigenvalue weighted by molar-refractivity contribution is 0.102. The van der Waals surface area contributed by atoms with Crippen molar-refractivity contribution in [2.75, 3.05) is 5.32 Å². The van der Waals surface area contributed by atoms with Crippen molar-refractivity contribution >= 4 is 30.5 Å². The van der Waals surface area contributed by atoms with Crippen LogP contribution in [0.3, 0.4) is 0 Å². The number of nitrogens with zero attached hydrogens (tertiary/aromatic N) is 3. The third-order valence-corrected chi connectivity index (χ3v) is 4.42. The highest BCUT2D eigenvalue weighted by Crippen LogP contribution is 2.43. The summed E-state index contributed by atoms with van der Waals surface area (Å²) < 4.78 is 33.6. The molecule has 0 bridgehead atoms. The Kier molecular flexibility index (Phi) is 5.01. The summed E-state index contributed by atoms with van der Waals surface area (Å²) in [6.07, 6.45) is 3.95. The number of anilines is 1. The molecule has 2 aromatic rings. The number of hydrogen-bond donors (Lipinski definition) is 1. The molecule has 26 heavy (non-hydrogen) atoms. The standard InChI is InChI=1S/C18H20F2N4O2/c1-4-6-24-7-5-12(15(24)21-3)16(25)23-18-13(14(19)20)22-17(26-18)11-8-10(2)9-11/h4-7,10-11,14H,3,8-9H2,1-2H3,(H,23,25)/b6-4-. The minimum absolute atomic E-state index is 0.0225. The van der Waals surface area contributed by atoms with E-state index in [0.29, 0.717) is 11.7 Å². The lowest BCUT2D eigenvalue weighted by Crippen LogP contribution is -2.19. The molecule has 1 amide bonds. The average Bonchev–Trinajstić information content (AvgIpc) is 3.16. The van der Waals surface area contributed by atoms with Crippen LogP contribution in [0.4, 0.5) is 20.5 Å². The minimum Gasteiger partial charge on any atom is -0.424 e. The molecule has 2 heterocycles. The zero-order valence-corrected chi connectivity index (χ0v) is 14.6. The summed E-state index contributed by atoms with van der Waals surface area (Å²) in [4.78, 5) is 20.3. The van der Waals surface area contributed by atoms with Gasteiger partial charge in [-0.1, -0.05) is 13.0 Å². The van der Waals surface area contributed by atoms with E-state index < -0.39 is 18.0 Å². The van der Waals surface area contributed by atoms with Gasteiger partial charge in [0, 0.05) is 18.3 Å². The topological polar surface area (TPSA) is 72.4 Å². The van der Waals surface area contributed by atoms with E-state index in [1.165, 1.54) is 6.07 Å². The lowest BCUT2D eigenvalue weighted by Gasteiger charge is -2.29. The molecular weight excluding hydrogens is 342 g/mol. The summed E-state index contributed by atoms with van der Waals surface area (Å²) in [5.74, 6) is 0.187. The SMILES string of the molecule is C=Nc1c(C(=O)Nc2oc(C3CC(C)C3)nc2C(F)F)ccn1/C=C\C. The van der Waals surface area contributed by atoms with Gasteiger partial charge >= 0.3 is 0 Å². The fourth-order valence-corrected chi connectivity index (χ4v) is 3.10. The van der Waals surface area contributed by atoms with Crippen LogP contribution in [0.5, 0.6) is 0 Å². The number of rotatable bonds is 6. The van der Waals surface area contributed by atoms with Crippen LogP contribution in [0.1, 0.15) is 61.0 Å². The Morgan fingerprint density at radius 3 is 2.85 bits per heavy atom. The summed E-state index contributed by atoms with van der Waals surface area (Å²) in [5, 5.41) is 2.40. The van der Waals surface area contributed by atoms with Gasteiger partial charge in [-0.15, -0.1) is 0 Å². The molecule has 1 fully saturated rings. The second kappa shape index (κ2) is 7.23. The molecule has 0 unspecified atom stereocenters. The number of hydrogen-bond acceptors (Lipinski definition) is 4. The van der Waals surface area contributed by atoms with Crippen LogP contribution >= 0.6 is 0 Å². The number of carbonyl (C=O) groups excluding carboxylic acids is 1. The second-order valence-corrected chi connectivity index (χ2v) is 6.40. The van der Waals surface area contributed by atoms with Crippen LogP contribution in [0.2, 0.25) is 0 Å². The van der Waals surface area contributed by atoms with Crippen molar-refractivity contribution in [3.63, 3.8) is 0 Å². The Bertz CT molecular complexity index is 847. The van der Waals surface area contributed by atoms with Gasteiger partial charge in [-0.3, -0.25) is 10.1 Å². The molecule has 0 atom stereocenters. The zero-order chi connectivity index (χ0) is 18.8. The van der Waals surface area contributed by atoms with Gasteiger partial charge in [-0.2, -0.15) is 0 Å². The molecule has 0 radical (unpaired) electrons. The molecule has 0 spiro atoms. The largest absolute Gasteiger partial charge is 0.424 e. The van der Waals surface area contributed by atoms with Crippen molar-refractivity contribution in [1.29, 1.82) is 0 Å². The van der Waals surface area contributed by atoms with Crippen molar-refractivity contribution in [3.8, 4) is 0 Å². The number of alkyl halides is 2. The van der Waals surface area contributed by atoms with E-state index in [2.05, 4.69) is 28.9 Å². The van der Waals surface area contributed by atoms with E-state index in [-0.39, 0.29) is 23.3 Å². The monoisotopic (exact) mass is 362 g/mol. The van der Waals surface area contributed by atoms with Crippen LogP contribution in [0.15, 0.2) is 27.7 Å². The summed E-state index contributed by atoms with van der Waals surface area (Å²) >= 11 is 0. The zero-order valence-electron chi connectivity index (χ0n) is 14.6. The minimum atomic E-state index is -2.84. The Hall–Kier alpha value is -2.77. The van der Waals surface area contributed by atoms with Crippen molar-refractivity contribution < 1.29 is 18.0 Å². The van der Waals surface area contributed by atoms with E-state index in [4.69, 9.17) is 4.42 Å². The summed E-state index contributed by atoms with van der Waals surface area (Å²) in [5.41, 5.74) is -0.345. The number of nitrogens with one attached hydrogen (secondary N) is 1. The smallest absolute Gasteiger partial charge is 0.285 e. The van der Waals surface area contributed by atoms with Gasteiger partial charge in [-0.25, -0.2) is 18.8 Å². The van der Waals surface area contributed by atoms with Crippen LogP contribution in [0.25, 0.3) is 6.20 Å². The fourth-order valence-electron chi connectivity index (χ4n) is 3.10. The normalized spacial score (nSPS) is 19.7. The molecule has 138 valence electrons. The maximum atomic E-state index is 13.3. The maximum Gasteiger partial charge on any atom is 0.285 e. The van der Waals surface area contributed by atoms with Gasteiger partial charge in [-0.05, 0) is 38.5 Å². The Labute approximate surface area is 149 Å². The van der Waals surface area contributed by atoms with Crippen LogP contribution in [0, 0.1) is 5.92 Å². The average molecular weight is 362 g/mol. The van der Waals surface area contributed by atoms with E-state index in [9.17, 15) is 13.6 Å². The molecule has 6 nitrogen and oxygen atoms in total. The van der Waals surface area contributed by atoms with Crippen LogP contribution in [-0.4, -0.2) is 22.2 Å². The quantitative estimate of drug-likeness (QED) is 0.735. The number of aliphatic imine (C=N–C) groups is 1. The predicted octanol–water partition coefficient (Wildman–Crippen LogP) is 5.00. The molecule has 0 aliphatic heterocycles. The van der Waals surface area contributed by atoms with Gasteiger partial charge in [0.1, 0.15) is 5.82 Å². The van der Waals surface area contributed by atoms with Crippen molar-refractivity contribution in [2.45, 2.75) is 39.0 Å². The number of aromatic nitrogens is 2. The summed E-state index contributed by atoms with van der Waals surface area (Å²) in [6, 6.07) is 1.53. The van der Waals surface area contributed by atoms with Crippen LogP contribution < -0.4 is 5.32 Å². The molecule has 1 aliphatic rings. The van der Waals surface area contributed by atoms with Crippen molar-refractivity contribution in [2.24, 2.45) is 10.9 Å². The molecule has 1 aliphatic carbocycles. The molecule has 0 aromatic carbocycles. The molecular formula is C18H20F2N4O2.